The molecule has 0 aromatic heterocycles. The minimum absolute atomic E-state index is 0.299. The third-order valence-corrected chi connectivity index (χ3v) is 2.73. The van der Waals surface area contributed by atoms with Crippen molar-refractivity contribution in [2.24, 2.45) is 5.92 Å². The van der Waals surface area contributed by atoms with Gasteiger partial charge in [0.15, 0.2) is 0 Å². The number of halogens is 2. The van der Waals surface area contributed by atoms with Crippen LogP contribution in [0.3, 0.4) is 0 Å². The molecule has 0 fully saturated rings. The van der Waals surface area contributed by atoms with Crippen molar-refractivity contribution < 1.29 is 9.13 Å². The summed E-state index contributed by atoms with van der Waals surface area (Å²) in [7, 11) is 0. The molecule has 0 bridgehead atoms. The van der Waals surface area contributed by atoms with Crippen molar-refractivity contribution in [3.63, 3.8) is 0 Å². The van der Waals surface area contributed by atoms with Crippen LogP contribution >= 0.6 is 11.6 Å². The molecule has 0 aliphatic carbocycles. The molecule has 1 aromatic rings. The maximum atomic E-state index is 13.0. The first-order valence-corrected chi connectivity index (χ1v) is 6.69. The Morgan fingerprint density at radius 3 is 2.72 bits per heavy atom. The first-order chi connectivity index (χ1) is 8.58. The molecular formula is C14H21ClFNO. The van der Waals surface area contributed by atoms with Gasteiger partial charge in [-0.25, -0.2) is 4.39 Å². The van der Waals surface area contributed by atoms with Crippen LogP contribution in [0.1, 0.15) is 25.8 Å². The van der Waals surface area contributed by atoms with E-state index in [2.05, 4.69) is 19.2 Å². The summed E-state index contributed by atoms with van der Waals surface area (Å²) in [6.45, 7) is 7.18. The number of hydrogen-bond acceptors (Lipinski definition) is 2. The van der Waals surface area contributed by atoms with Crippen LogP contribution in [-0.2, 0) is 11.3 Å². The fraction of sp³-hybridized carbons (Fsp3) is 0.571. The van der Waals surface area contributed by atoms with E-state index in [0.29, 0.717) is 24.1 Å². The smallest absolute Gasteiger partial charge is 0.125 e. The first-order valence-electron chi connectivity index (χ1n) is 6.31. The van der Waals surface area contributed by atoms with E-state index >= 15 is 0 Å². The summed E-state index contributed by atoms with van der Waals surface area (Å²) in [6, 6.07) is 4.55. The standard InChI is InChI=1S/C14H21ClFNO/c1-11(2)3-5-18-6-4-17-10-12-7-13(15)9-14(16)8-12/h7-9,11,17H,3-6,10H2,1-2H3. The van der Waals surface area contributed by atoms with E-state index < -0.39 is 0 Å². The molecule has 1 aromatic carbocycles. The molecule has 0 atom stereocenters. The highest BCUT2D eigenvalue weighted by Crippen LogP contribution is 2.13. The normalized spacial score (nSPS) is 11.2. The van der Waals surface area contributed by atoms with Crippen LogP contribution in [0.5, 0.6) is 0 Å². The van der Waals surface area contributed by atoms with Crippen molar-refractivity contribution in [2.45, 2.75) is 26.8 Å². The van der Waals surface area contributed by atoms with E-state index in [1.165, 1.54) is 12.1 Å². The Labute approximate surface area is 113 Å². The molecule has 0 heterocycles. The van der Waals surface area contributed by atoms with Gasteiger partial charge in [0, 0.05) is 24.7 Å². The second-order valence-electron chi connectivity index (χ2n) is 4.75. The number of rotatable bonds is 8. The van der Waals surface area contributed by atoms with Gasteiger partial charge < -0.3 is 10.1 Å². The van der Waals surface area contributed by atoms with Crippen LogP contribution in [-0.4, -0.2) is 19.8 Å². The Kier molecular flexibility index (Phi) is 7.25. The zero-order valence-electron chi connectivity index (χ0n) is 11.0. The molecule has 0 aliphatic rings. The van der Waals surface area contributed by atoms with Gasteiger partial charge >= 0.3 is 0 Å². The molecule has 0 spiro atoms. The third kappa shape index (κ3) is 6.94. The van der Waals surface area contributed by atoms with Gasteiger partial charge in [-0.3, -0.25) is 0 Å². The Bertz CT molecular complexity index is 337. The van der Waals surface area contributed by atoms with Gasteiger partial charge in [0.1, 0.15) is 5.82 Å². The lowest BCUT2D eigenvalue weighted by Crippen LogP contribution is -2.19. The number of ether oxygens (including phenoxy) is 1. The average molecular weight is 274 g/mol. The van der Waals surface area contributed by atoms with Gasteiger partial charge in [0.2, 0.25) is 0 Å². The zero-order valence-corrected chi connectivity index (χ0v) is 11.8. The largest absolute Gasteiger partial charge is 0.380 e. The van der Waals surface area contributed by atoms with Gasteiger partial charge in [-0.1, -0.05) is 25.4 Å². The maximum absolute atomic E-state index is 13.0. The monoisotopic (exact) mass is 273 g/mol. The van der Waals surface area contributed by atoms with Crippen LogP contribution < -0.4 is 5.32 Å². The van der Waals surface area contributed by atoms with Gasteiger partial charge in [0.25, 0.3) is 0 Å². The molecule has 0 unspecified atom stereocenters. The lowest BCUT2D eigenvalue weighted by molar-refractivity contribution is 0.125. The molecule has 1 rings (SSSR count). The second-order valence-corrected chi connectivity index (χ2v) is 5.19. The summed E-state index contributed by atoms with van der Waals surface area (Å²) in [4.78, 5) is 0. The SMILES string of the molecule is CC(C)CCOCCNCc1cc(F)cc(Cl)c1. The fourth-order valence-electron chi connectivity index (χ4n) is 1.51. The molecule has 102 valence electrons. The van der Waals surface area contributed by atoms with Crippen molar-refractivity contribution in [3.05, 3.63) is 34.6 Å². The van der Waals surface area contributed by atoms with Gasteiger partial charge in [-0.15, -0.1) is 0 Å². The third-order valence-electron chi connectivity index (χ3n) is 2.51. The number of nitrogens with one attached hydrogen (secondary N) is 1. The predicted molar refractivity (Wildman–Crippen MR) is 73.4 cm³/mol. The summed E-state index contributed by atoms with van der Waals surface area (Å²) in [5, 5.41) is 3.62. The molecular weight excluding hydrogens is 253 g/mol. The first kappa shape index (κ1) is 15.4. The summed E-state index contributed by atoms with van der Waals surface area (Å²) < 4.78 is 18.5. The fourth-order valence-corrected chi connectivity index (χ4v) is 1.76. The van der Waals surface area contributed by atoms with Crippen LogP contribution in [0.4, 0.5) is 4.39 Å². The van der Waals surface area contributed by atoms with Crippen molar-refractivity contribution in [3.8, 4) is 0 Å². The minimum atomic E-state index is -0.299. The summed E-state index contributed by atoms with van der Waals surface area (Å²) in [5.74, 6) is 0.375. The summed E-state index contributed by atoms with van der Waals surface area (Å²) in [6.07, 6.45) is 1.08. The maximum Gasteiger partial charge on any atom is 0.125 e. The highest BCUT2D eigenvalue weighted by Gasteiger charge is 1.99. The molecule has 0 radical (unpaired) electrons. The molecule has 18 heavy (non-hydrogen) atoms. The zero-order chi connectivity index (χ0) is 13.4. The van der Waals surface area contributed by atoms with E-state index in [-0.39, 0.29) is 5.82 Å². The van der Waals surface area contributed by atoms with E-state index in [4.69, 9.17) is 16.3 Å². The topological polar surface area (TPSA) is 21.3 Å². The summed E-state index contributed by atoms with van der Waals surface area (Å²) >= 11 is 5.77. The van der Waals surface area contributed by atoms with Gasteiger partial charge in [-0.05, 0) is 36.1 Å². The van der Waals surface area contributed by atoms with Crippen LogP contribution in [0, 0.1) is 11.7 Å². The van der Waals surface area contributed by atoms with E-state index in [1.54, 1.807) is 6.07 Å². The Morgan fingerprint density at radius 2 is 2.06 bits per heavy atom. The van der Waals surface area contributed by atoms with E-state index in [9.17, 15) is 4.39 Å². The average Bonchev–Trinajstić information content (AvgIpc) is 2.26. The quantitative estimate of drug-likeness (QED) is 0.731. The van der Waals surface area contributed by atoms with Crippen LogP contribution in [0.2, 0.25) is 5.02 Å². The number of benzene rings is 1. The molecule has 0 aliphatic heterocycles. The van der Waals surface area contributed by atoms with Gasteiger partial charge in [-0.2, -0.15) is 0 Å². The summed E-state index contributed by atoms with van der Waals surface area (Å²) in [5.41, 5.74) is 0.849. The molecule has 2 nitrogen and oxygen atoms in total. The Balaban J connectivity index is 2.10. The minimum Gasteiger partial charge on any atom is -0.380 e. The highest BCUT2D eigenvalue weighted by molar-refractivity contribution is 6.30. The van der Waals surface area contributed by atoms with E-state index in [0.717, 1.165) is 25.1 Å². The lowest BCUT2D eigenvalue weighted by Gasteiger charge is -2.08. The molecule has 0 saturated heterocycles. The molecule has 1 N–H and O–H groups in total. The van der Waals surface area contributed by atoms with Crippen LogP contribution in [0.25, 0.3) is 0 Å². The highest BCUT2D eigenvalue weighted by atomic mass is 35.5. The molecule has 0 amide bonds. The number of hydrogen-bond donors (Lipinski definition) is 1. The Morgan fingerprint density at radius 1 is 1.28 bits per heavy atom. The van der Waals surface area contributed by atoms with Crippen molar-refractivity contribution in [1.29, 1.82) is 0 Å². The molecule has 4 heteroatoms. The van der Waals surface area contributed by atoms with Crippen LogP contribution in [0.15, 0.2) is 18.2 Å². The van der Waals surface area contributed by atoms with Crippen molar-refractivity contribution in [1.82, 2.24) is 5.32 Å². The Hall–Kier alpha value is -0.640. The molecule has 0 saturated carbocycles. The second kappa shape index (κ2) is 8.46. The van der Waals surface area contributed by atoms with Gasteiger partial charge in [0.05, 0.1) is 6.61 Å². The van der Waals surface area contributed by atoms with E-state index in [1.807, 2.05) is 0 Å². The van der Waals surface area contributed by atoms with Crippen molar-refractivity contribution in [2.75, 3.05) is 19.8 Å². The predicted octanol–water partition coefficient (Wildman–Crippen LogP) is 3.63. The van der Waals surface area contributed by atoms with Crippen molar-refractivity contribution >= 4 is 11.6 Å². The lowest BCUT2D eigenvalue weighted by atomic mass is 10.1.